The zero-order valence-corrected chi connectivity index (χ0v) is 13.2. The molecule has 4 N–H and O–H groups in total. The first kappa shape index (κ1) is 15.3. The number of amides is 3. The number of urea groups is 1. The number of benzene rings is 1. The van der Waals surface area contributed by atoms with E-state index in [0.717, 1.165) is 23.3 Å². The van der Waals surface area contributed by atoms with E-state index in [1.807, 2.05) is 24.3 Å². The average molecular weight is 315 g/mol. The van der Waals surface area contributed by atoms with Gasteiger partial charge in [-0.3, -0.25) is 4.79 Å². The fraction of sp³-hybridized carbons (Fsp3) is 0.438. The van der Waals surface area contributed by atoms with Crippen LogP contribution < -0.4 is 16.0 Å². The lowest BCUT2D eigenvalue weighted by molar-refractivity contribution is -0.123. The number of carbonyl (C=O) groups is 2. The molecule has 1 aliphatic rings. The van der Waals surface area contributed by atoms with E-state index in [4.69, 9.17) is 0 Å². The van der Waals surface area contributed by atoms with Crippen LogP contribution in [0, 0.1) is 5.92 Å². The van der Waals surface area contributed by atoms with Gasteiger partial charge in [-0.2, -0.15) is 0 Å². The van der Waals surface area contributed by atoms with Gasteiger partial charge in [0.15, 0.2) is 0 Å². The molecule has 0 bridgehead atoms. The molecule has 1 saturated heterocycles. The lowest BCUT2D eigenvalue weighted by atomic mass is 9.98. The number of aromatic amines is 1. The number of carbonyl (C=O) groups excluding carboxylic acids is 2. The molecule has 2 aromatic rings. The maximum atomic E-state index is 12.4. The largest absolute Gasteiger partial charge is 0.344 e. The van der Waals surface area contributed by atoms with Gasteiger partial charge < -0.3 is 20.9 Å². The van der Waals surface area contributed by atoms with Gasteiger partial charge in [0.25, 0.3) is 0 Å². The van der Waals surface area contributed by atoms with E-state index < -0.39 is 6.04 Å². The summed E-state index contributed by atoms with van der Waals surface area (Å²) in [6.45, 7) is 4.45. The summed E-state index contributed by atoms with van der Waals surface area (Å²) in [6, 6.07) is 6.70. The Morgan fingerprint density at radius 3 is 2.87 bits per heavy atom. The van der Waals surface area contributed by atoms with Crippen LogP contribution in [0.5, 0.6) is 0 Å². The highest BCUT2D eigenvalue weighted by atomic mass is 16.2. The molecule has 122 valence electrons. The highest BCUT2D eigenvalue weighted by Crippen LogP contribution is 2.24. The first-order valence-electron chi connectivity index (χ1n) is 7.88. The Bertz CT molecular complexity index is 693. The second kappa shape index (κ2) is 6.28. The molecule has 3 atom stereocenters. The molecule has 23 heavy (non-hydrogen) atoms. The highest BCUT2D eigenvalue weighted by Gasteiger charge is 2.31. The van der Waals surface area contributed by atoms with E-state index >= 15 is 0 Å². The van der Waals surface area contributed by atoms with E-state index in [9.17, 15) is 9.59 Å². The second-order valence-corrected chi connectivity index (χ2v) is 5.92. The van der Waals surface area contributed by atoms with Crippen LogP contribution in [0.2, 0.25) is 0 Å². The van der Waals surface area contributed by atoms with Gasteiger partial charge in [0, 0.05) is 6.54 Å². The van der Waals surface area contributed by atoms with E-state index in [-0.39, 0.29) is 23.9 Å². The molecular weight excluding hydrogens is 294 g/mol. The minimum atomic E-state index is -0.543. The van der Waals surface area contributed by atoms with Gasteiger partial charge in [-0.15, -0.1) is 0 Å². The van der Waals surface area contributed by atoms with Crippen molar-refractivity contribution in [3.63, 3.8) is 0 Å². The summed E-state index contributed by atoms with van der Waals surface area (Å²) >= 11 is 0. The van der Waals surface area contributed by atoms with Crippen molar-refractivity contribution in [2.24, 2.45) is 5.92 Å². The van der Waals surface area contributed by atoms with Crippen molar-refractivity contribution in [3.05, 3.63) is 30.1 Å². The smallest absolute Gasteiger partial charge is 0.315 e. The van der Waals surface area contributed by atoms with Crippen LogP contribution in [0.15, 0.2) is 24.3 Å². The van der Waals surface area contributed by atoms with E-state index in [1.165, 1.54) is 0 Å². The molecule has 7 nitrogen and oxygen atoms in total. The summed E-state index contributed by atoms with van der Waals surface area (Å²) in [4.78, 5) is 31.5. The molecule has 0 radical (unpaired) electrons. The second-order valence-electron chi connectivity index (χ2n) is 5.92. The first-order valence-corrected chi connectivity index (χ1v) is 7.88. The van der Waals surface area contributed by atoms with Gasteiger partial charge in [-0.25, -0.2) is 9.78 Å². The summed E-state index contributed by atoms with van der Waals surface area (Å²) in [5, 5.41) is 8.22. The molecule has 2 heterocycles. The van der Waals surface area contributed by atoms with E-state index in [0.29, 0.717) is 6.54 Å². The van der Waals surface area contributed by atoms with Gasteiger partial charge in [-0.1, -0.05) is 32.4 Å². The van der Waals surface area contributed by atoms with E-state index in [2.05, 4.69) is 39.8 Å². The summed E-state index contributed by atoms with van der Waals surface area (Å²) in [6.07, 6.45) is 0.900. The molecular formula is C16H21N5O2. The fourth-order valence-electron chi connectivity index (χ4n) is 2.70. The van der Waals surface area contributed by atoms with Crippen molar-refractivity contribution in [3.8, 4) is 0 Å². The monoisotopic (exact) mass is 315 g/mol. The highest BCUT2D eigenvalue weighted by molar-refractivity contribution is 5.90. The predicted molar refractivity (Wildman–Crippen MR) is 86.8 cm³/mol. The molecule has 3 rings (SSSR count). The fourth-order valence-corrected chi connectivity index (χ4v) is 2.70. The average Bonchev–Trinajstić information content (AvgIpc) is 3.17. The Hall–Kier alpha value is -2.57. The lowest BCUT2D eigenvalue weighted by Crippen LogP contribution is -2.45. The molecule has 0 unspecified atom stereocenters. The van der Waals surface area contributed by atoms with Crippen LogP contribution >= 0.6 is 0 Å². The van der Waals surface area contributed by atoms with Gasteiger partial charge in [-0.05, 0) is 18.1 Å². The van der Waals surface area contributed by atoms with Crippen molar-refractivity contribution < 1.29 is 9.59 Å². The minimum absolute atomic E-state index is 0.200. The van der Waals surface area contributed by atoms with Gasteiger partial charge in [0.05, 0.1) is 17.1 Å². The summed E-state index contributed by atoms with van der Waals surface area (Å²) in [5.74, 6) is 0.755. The molecule has 1 aromatic heterocycles. The topological polar surface area (TPSA) is 98.9 Å². The van der Waals surface area contributed by atoms with Crippen molar-refractivity contribution in [1.29, 1.82) is 0 Å². The molecule has 3 amide bonds. The van der Waals surface area contributed by atoms with Crippen LogP contribution in [-0.4, -0.2) is 34.5 Å². The maximum absolute atomic E-state index is 12.4. The quantitative estimate of drug-likeness (QED) is 0.672. The first-order chi connectivity index (χ1) is 11.1. The van der Waals surface area contributed by atoms with Crippen LogP contribution in [0.1, 0.15) is 32.1 Å². The molecule has 1 fully saturated rings. The summed E-state index contributed by atoms with van der Waals surface area (Å²) < 4.78 is 0. The van der Waals surface area contributed by atoms with Crippen molar-refractivity contribution in [2.45, 2.75) is 32.4 Å². The van der Waals surface area contributed by atoms with Crippen LogP contribution in [0.4, 0.5) is 4.79 Å². The minimum Gasteiger partial charge on any atom is -0.344 e. The number of nitrogens with zero attached hydrogens (tertiary/aromatic N) is 1. The van der Waals surface area contributed by atoms with Crippen molar-refractivity contribution in [2.75, 3.05) is 6.54 Å². The Morgan fingerprint density at radius 2 is 2.22 bits per heavy atom. The molecule has 0 spiro atoms. The van der Waals surface area contributed by atoms with Crippen LogP contribution in [0.25, 0.3) is 11.0 Å². The number of hydrogen-bond donors (Lipinski definition) is 4. The standard InChI is InChI=1S/C16H21N5O2/c1-3-9(2)13(21-15(22)12-8-17-16(23)20-12)14-18-10-6-4-5-7-11(10)19-14/h4-7,9,12-13H,3,8H2,1-2H3,(H,18,19)(H,21,22)(H2,17,20,23)/t9-,12+,13-/m0/s1. The number of nitrogens with one attached hydrogen (secondary N) is 4. The van der Waals surface area contributed by atoms with Crippen molar-refractivity contribution >= 4 is 23.0 Å². The predicted octanol–water partition coefficient (Wildman–Crippen LogP) is 1.45. The Morgan fingerprint density at radius 1 is 1.43 bits per heavy atom. The third kappa shape index (κ3) is 3.13. The number of fused-ring (bicyclic) bond motifs is 1. The van der Waals surface area contributed by atoms with Gasteiger partial charge >= 0.3 is 6.03 Å². The molecule has 0 saturated carbocycles. The van der Waals surface area contributed by atoms with Crippen LogP contribution in [0.3, 0.4) is 0 Å². The maximum Gasteiger partial charge on any atom is 0.315 e. The Balaban J connectivity index is 1.82. The molecule has 1 aliphatic heterocycles. The molecule has 7 heteroatoms. The third-order valence-electron chi connectivity index (χ3n) is 4.30. The van der Waals surface area contributed by atoms with Crippen molar-refractivity contribution in [1.82, 2.24) is 25.9 Å². The zero-order chi connectivity index (χ0) is 16.4. The van der Waals surface area contributed by atoms with Gasteiger partial charge in [0.1, 0.15) is 11.9 Å². The van der Waals surface area contributed by atoms with Gasteiger partial charge in [0.2, 0.25) is 5.91 Å². The molecule has 1 aromatic carbocycles. The SMILES string of the molecule is CC[C@H](C)[C@H](NC(=O)[C@H]1CNC(=O)N1)c1nc2ccccc2[nH]1. The number of para-hydroxylation sites is 2. The number of rotatable bonds is 5. The Labute approximate surface area is 134 Å². The summed E-state index contributed by atoms with van der Waals surface area (Å²) in [5.41, 5.74) is 1.82. The zero-order valence-electron chi connectivity index (χ0n) is 13.2. The number of hydrogen-bond acceptors (Lipinski definition) is 3. The van der Waals surface area contributed by atoms with Crippen LogP contribution in [-0.2, 0) is 4.79 Å². The number of imidazole rings is 1. The normalized spacial score (nSPS) is 19.9. The lowest BCUT2D eigenvalue weighted by Gasteiger charge is -2.23. The van der Waals surface area contributed by atoms with E-state index in [1.54, 1.807) is 0 Å². The number of H-pyrrole nitrogens is 1. The number of aromatic nitrogens is 2. The summed E-state index contributed by atoms with van der Waals surface area (Å²) in [7, 11) is 0. The third-order valence-corrected chi connectivity index (χ3v) is 4.30. The molecule has 0 aliphatic carbocycles. The Kier molecular flexibility index (Phi) is 4.18.